The Morgan fingerprint density at radius 1 is 1.33 bits per heavy atom. The van der Waals surface area contributed by atoms with E-state index < -0.39 is 0 Å². The van der Waals surface area contributed by atoms with Crippen molar-refractivity contribution in [3.05, 3.63) is 35.4 Å². The van der Waals surface area contributed by atoms with Crippen molar-refractivity contribution in [3.8, 4) is 0 Å². The largest absolute Gasteiger partial charge is 0.393 e. The third-order valence-corrected chi connectivity index (χ3v) is 4.15. The number of aryl methyl sites for hydroxylation is 1. The molecule has 1 aliphatic rings. The lowest BCUT2D eigenvalue weighted by Crippen LogP contribution is -2.46. The van der Waals surface area contributed by atoms with Crippen molar-refractivity contribution in [3.63, 3.8) is 0 Å². The molecular weight excluding hydrogens is 264 g/mol. The molecule has 0 radical (unpaired) electrons. The van der Waals surface area contributed by atoms with Gasteiger partial charge in [0.1, 0.15) is 0 Å². The van der Waals surface area contributed by atoms with Crippen LogP contribution in [0.4, 0.5) is 4.79 Å². The van der Waals surface area contributed by atoms with Crippen molar-refractivity contribution in [2.24, 2.45) is 0 Å². The van der Waals surface area contributed by atoms with Crippen molar-refractivity contribution >= 4 is 6.03 Å². The number of urea groups is 1. The zero-order valence-corrected chi connectivity index (χ0v) is 13.0. The van der Waals surface area contributed by atoms with E-state index in [2.05, 4.69) is 30.4 Å². The second-order valence-corrected chi connectivity index (χ2v) is 5.96. The molecule has 0 aliphatic heterocycles. The monoisotopic (exact) mass is 290 g/mol. The number of nitrogens with zero attached hydrogens (tertiary/aromatic N) is 1. The van der Waals surface area contributed by atoms with E-state index in [0.717, 1.165) is 31.2 Å². The number of aliphatic hydroxyl groups excluding tert-OH is 1. The summed E-state index contributed by atoms with van der Waals surface area (Å²) in [5, 5.41) is 12.6. The summed E-state index contributed by atoms with van der Waals surface area (Å²) < 4.78 is 0. The number of carbonyl (C=O) groups excluding carboxylic acids is 1. The molecule has 0 bridgehead atoms. The number of nitrogens with one attached hydrogen (secondary N) is 1. The molecule has 4 nitrogen and oxygen atoms in total. The first-order valence-corrected chi connectivity index (χ1v) is 7.87. The van der Waals surface area contributed by atoms with Crippen LogP contribution in [-0.4, -0.2) is 34.7 Å². The summed E-state index contributed by atoms with van der Waals surface area (Å²) in [5.74, 6) is 0. The fourth-order valence-corrected chi connectivity index (χ4v) is 2.84. The van der Waals surface area contributed by atoms with E-state index >= 15 is 0 Å². The number of rotatable bonds is 4. The molecule has 0 unspecified atom stereocenters. The van der Waals surface area contributed by atoms with Gasteiger partial charge in [-0.25, -0.2) is 4.79 Å². The molecule has 0 aromatic heterocycles. The topological polar surface area (TPSA) is 52.6 Å². The van der Waals surface area contributed by atoms with Crippen molar-refractivity contribution in [2.45, 2.75) is 58.2 Å². The van der Waals surface area contributed by atoms with Gasteiger partial charge in [-0.15, -0.1) is 0 Å². The molecule has 2 N–H and O–H groups in total. The van der Waals surface area contributed by atoms with Gasteiger partial charge in [0.05, 0.1) is 6.10 Å². The molecule has 1 fully saturated rings. The number of hydrogen-bond donors (Lipinski definition) is 2. The Balaban J connectivity index is 1.89. The molecule has 21 heavy (non-hydrogen) atoms. The predicted octanol–water partition coefficient (Wildman–Crippen LogP) is 2.83. The number of carbonyl (C=O) groups is 1. The van der Waals surface area contributed by atoms with Gasteiger partial charge in [0.15, 0.2) is 0 Å². The van der Waals surface area contributed by atoms with E-state index in [0.29, 0.717) is 13.1 Å². The van der Waals surface area contributed by atoms with Gasteiger partial charge in [-0.1, -0.05) is 29.8 Å². The third kappa shape index (κ3) is 4.74. The second kappa shape index (κ2) is 7.46. The van der Waals surface area contributed by atoms with Gasteiger partial charge in [0, 0.05) is 19.1 Å². The summed E-state index contributed by atoms with van der Waals surface area (Å²) in [5.41, 5.74) is 2.37. The van der Waals surface area contributed by atoms with Gasteiger partial charge in [-0.2, -0.15) is 0 Å². The van der Waals surface area contributed by atoms with Gasteiger partial charge < -0.3 is 15.3 Å². The number of amides is 2. The highest BCUT2D eigenvalue weighted by Gasteiger charge is 2.22. The van der Waals surface area contributed by atoms with Crippen LogP contribution < -0.4 is 5.32 Å². The highest BCUT2D eigenvalue weighted by molar-refractivity contribution is 5.74. The van der Waals surface area contributed by atoms with Gasteiger partial charge in [0.25, 0.3) is 0 Å². The van der Waals surface area contributed by atoms with E-state index in [9.17, 15) is 9.90 Å². The summed E-state index contributed by atoms with van der Waals surface area (Å²) in [7, 11) is 0. The average molecular weight is 290 g/mol. The van der Waals surface area contributed by atoms with Crippen molar-refractivity contribution in [1.29, 1.82) is 0 Å². The second-order valence-electron chi connectivity index (χ2n) is 5.96. The first-order valence-electron chi connectivity index (χ1n) is 7.87. The lowest BCUT2D eigenvalue weighted by molar-refractivity contribution is 0.115. The Kier molecular flexibility index (Phi) is 5.62. The summed E-state index contributed by atoms with van der Waals surface area (Å²) in [6.45, 7) is 5.39. The normalized spacial score (nSPS) is 21.9. The highest BCUT2D eigenvalue weighted by atomic mass is 16.3. The fourth-order valence-electron chi connectivity index (χ4n) is 2.84. The highest BCUT2D eigenvalue weighted by Crippen LogP contribution is 2.18. The Morgan fingerprint density at radius 2 is 2.05 bits per heavy atom. The maximum absolute atomic E-state index is 12.4. The molecule has 1 aromatic rings. The maximum atomic E-state index is 12.4. The molecule has 1 saturated carbocycles. The van der Waals surface area contributed by atoms with Crippen molar-refractivity contribution in [2.75, 3.05) is 6.54 Å². The predicted molar refractivity (Wildman–Crippen MR) is 84.1 cm³/mol. The Bertz CT molecular complexity index is 468. The summed E-state index contributed by atoms with van der Waals surface area (Å²) in [4.78, 5) is 14.2. The number of aliphatic hydroxyl groups is 1. The van der Waals surface area contributed by atoms with E-state index in [1.807, 2.05) is 17.9 Å². The van der Waals surface area contributed by atoms with E-state index in [4.69, 9.17) is 0 Å². The average Bonchev–Trinajstić information content (AvgIpc) is 2.47. The molecule has 2 rings (SSSR count). The lowest BCUT2D eigenvalue weighted by atomic mass is 9.93. The van der Waals surface area contributed by atoms with Crippen LogP contribution in [0.25, 0.3) is 0 Å². The molecule has 1 aliphatic carbocycles. The smallest absolute Gasteiger partial charge is 0.317 e. The van der Waals surface area contributed by atoms with Gasteiger partial charge >= 0.3 is 6.03 Å². The minimum absolute atomic E-state index is 0.000367. The van der Waals surface area contributed by atoms with Crippen LogP contribution in [0.15, 0.2) is 24.3 Å². The van der Waals surface area contributed by atoms with Crippen LogP contribution in [-0.2, 0) is 6.54 Å². The molecule has 116 valence electrons. The molecule has 1 aromatic carbocycles. The van der Waals surface area contributed by atoms with E-state index in [1.165, 1.54) is 5.56 Å². The third-order valence-electron chi connectivity index (χ3n) is 4.15. The summed E-state index contributed by atoms with van der Waals surface area (Å²) in [6, 6.07) is 8.46. The van der Waals surface area contributed by atoms with E-state index in [-0.39, 0.29) is 18.2 Å². The first kappa shape index (κ1) is 15.8. The van der Waals surface area contributed by atoms with Crippen LogP contribution in [0.3, 0.4) is 0 Å². The fraction of sp³-hybridized carbons (Fsp3) is 0.588. The Hall–Kier alpha value is -1.55. The molecule has 0 heterocycles. The zero-order chi connectivity index (χ0) is 15.2. The molecule has 0 spiro atoms. The molecule has 2 amide bonds. The molecule has 0 atom stereocenters. The van der Waals surface area contributed by atoms with Crippen LogP contribution in [0.1, 0.15) is 43.7 Å². The van der Waals surface area contributed by atoms with Crippen LogP contribution in [0.2, 0.25) is 0 Å². The standard InChI is InChI=1S/C17H26N2O2/c1-3-19(12-14-6-4-5-13(2)11-14)17(21)18-15-7-9-16(20)10-8-15/h4-6,11,15-16,20H,3,7-10,12H2,1-2H3,(H,18,21). The van der Waals surface area contributed by atoms with Gasteiger partial charge in [0.2, 0.25) is 0 Å². The molecule has 4 heteroatoms. The Morgan fingerprint density at radius 3 is 2.67 bits per heavy atom. The maximum Gasteiger partial charge on any atom is 0.317 e. The van der Waals surface area contributed by atoms with Gasteiger partial charge in [-0.05, 0) is 45.1 Å². The van der Waals surface area contributed by atoms with Crippen molar-refractivity contribution in [1.82, 2.24) is 10.2 Å². The summed E-state index contributed by atoms with van der Waals surface area (Å²) >= 11 is 0. The van der Waals surface area contributed by atoms with E-state index in [1.54, 1.807) is 0 Å². The van der Waals surface area contributed by atoms with Gasteiger partial charge in [-0.3, -0.25) is 0 Å². The molecular formula is C17H26N2O2. The lowest BCUT2D eigenvalue weighted by Gasteiger charge is -2.29. The minimum atomic E-state index is -0.187. The first-order chi connectivity index (χ1) is 10.1. The minimum Gasteiger partial charge on any atom is -0.393 e. The van der Waals surface area contributed by atoms with Crippen LogP contribution >= 0.6 is 0 Å². The quantitative estimate of drug-likeness (QED) is 0.896. The van der Waals surface area contributed by atoms with Crippen molar-refractivity contribution < 1.29 is 9.90 Å². The SMILES string of the molecule is CCN(Cc1cccc(C)c1)C(=O)NC1CCC(O)CC1. The molecule has 0 saturated heterocycles. The number of benzene rings is 1. The summed E-state index contributed by atoms with van der Waals surface area (Å²) in [6.07, 6.45) is 3.13. The number of hydrogen-bond acceptors (Lipinski definition) is 2. The van der Waals surface area contributed by atoms with Crippen LogP contribution in [0, 0.1) is 6.92 Å². The van der Waals surface area contributed by atoms with Crippen LogP contribution in [0.5, 0.6) is 0 Å². The zero-order valence-electron chi connectivity index (χ0n) is 13.0. The Labute approximate surface area is 127 Å².